The number of rotatable bonds is 3. The Labute approximate surface area is 137 Å². The lowest BCUT2D eigenvalue weighted by Gasteiger charge is -2.27. The van der Waals surface area contributed by atoms with Gasteiger partial charge in [0.15, 0.2) is 0 Å². The zero-order chi connectivity index (χ0) is 16.5. The fourth-order valence-corrected chi connectivity index (χ4v) is 3.60. The predicted molar refractivity (Wildman–Crippen MR) is 81.8 cm³/mol. The molecule has 0 N–H and O–H groups in total. The maximum atomic E-state index is 13.5. The molecule has 0 bridgehead atoms. The van der Waals surface area contributed by atoms with E-state index in [2.05, 4.69) is 9.98 Å². The first-order chi connectivity index (χ1) is 10.9. The summed E-state index contributed by atoms with van der Waals surface area (Å²) >= 11 is 1.90. The number of aliphatic imine (C=N–C) groups is 1. The summed E-state index contributed by atoms with van der Waals surface area (Å²) in [5, 5.41) is 1.74. The maximum Gasteiger partial charge on any atom is 0.451 e. The summed E-state index contributed by atoms with van der Waals surface area (Å²) in [4.78, 5) is 19.6. The van der Waals surface area contributed by atoms with E-state index in [-0.39, 0.29) is 9.92 Å². The average molecular weight is 358 g/mol. The van der Waals surface area contributed by atoms with Crippen molar-refractivity contribution in [3.05, 3.63) is 52.5 Å². The number of hydrogen-bond donors (Lipinski definition) is 0. The van der Waals surface area contributed by atoms with Gasteiger partial charge in [0.1, 0.15) is 9.92 Å². The molecule has 0 amide bonds. The number of aromatic nitrogens is 1. The molecule has 0 saturated carbocycles. The number of alkyl halides is 3. The molecule has 0 saturated heterocycles. The Hall–Kier alpha value is -1.87. The van der Waals surface area contributed by atoms with Gasteiger partial charge in [-0.1, -0.05) is 17.8 Å². The molecule has 1 unspecified atom stereocenters. The number of carbonyl (C=O) groups excluding carboxylic acids is 1. The third-order valence-corrected chi connectivity index (χ3v) is 5.01. The number of ether oxygens (including phenoxy) is 1. The van der Waals surface area contributed by atoms with Crippen LogP contribution in [0.25, 0.3) is 0 Å². The Kier molecular flexibility index (Phi) is 4.15. The van der Waals surface area contributed by atoms with E-state index in [0.29, 0.717) is 5.56 Å². The molecule has 3 heterocycles. The van der Waals surface area contributed by atoms with Gasteiger partial charge >= 0.3 is 17.9 Å². The molecular weight excluding hydrogens is 349 g/mol. The summed E-state index contributed by atoms with van der Waals surface area (Å²) in [6, 6.07) is 6.18. The van der Waals surface area contributed by atoms with Gasteiger partial charge in [-0.25, -0.2) is 9.79 Å². The van der Waals surface area contributed by atoms with Gasteiger partial charge in [-0.3, -0.25) is 4.98 Å². The lowest BCUT2D eigenvalue weighted by Crippen LogP contribution is -2.48. The van der Waals surface area contributed by atoms with Crippen LogP contribution in [0.1, 0.15) is 15.2 Å². The zero-order valence-electron chi connectivity index (χ0n) is 11.4. The van der Waals surface area contributed by atoms with Crippen molar-refractivity contribution < 1.29 is 22.7 Å². The topological polar surface area (TPSA) is 51.5 Å². The van der Waals surface area contributed by atoms with Crippen LogP contribution < -0.4 is 0 Å². The first-order valence-corrected chi connectivity index (χ1v) is 8.24. The molecular formula is C14H9F3N2O2S2. The molecule has 9 heteroatoms. The quantitative estimate of drug-likeness (QED) is 0.784. The number of halogens is 3. The van der Waals surface area contributed by atoms with Crippen LogP contribution in [0.15, 0.2) is 47.0 Å². The van der Waals surface area contributed by atoms with Crippen LogP contribution in [0.5, 0.6) is 0 Å². The van der Waals surface area contributed by atoms with E-state index in [0.717, 1.165) is 23.1 Å². The molecule has 1 aliphatic heterocycles. The Morgan fingerprint density at radius 2 is 2.13 bits per heavy atom. The van der Waals surface area contributed by atoms with E-state index in [1.54, 1.807) is 23.6 Å². The monoisotopic (exact) mass is 358 g/mol. The van der Waals surface area contributed by atoms with Gasteiger partial charge in [0.2, 0.25) is 0 Å². The van der Waals surface area contributed by atoms with Crippen LogP contribution in [0.4, 0.5) is 13.2 Å². The summed E-state index contributed by atoms with van der Waals surface area (Å²) in [5.41, 5.74) is -2.42. The highest BCUT2D eigenvalue weighted by Gasteiger charge is 2.61. The van der Waals surface area contributed by atoms with Gasteiger partial charge in [0.25, 0.3) is 0 Å². The number of carbonyl (C=O) groups is 1. The fourth-order valence-electron chi connectivity index (χ4n) is 1.89. The number of nitrogens with zero attached hydrogens (tertiary/aromatic N) is 2. The third kappa shape index (κ3) is 3.11. The fraction of sp³-hybridized carbons (Fsp3) is 0.214. The van der Waals surface area contributed by atoms with Gasteiger partial charge in [0, 0.05) is 18.0 Å². The molecule has 0 radical (unpaired) electrons. The van der Waals surface area contributed by atoms with Crippen molar-refractivity contribution in [2.24, 2.45) is 4.99 Å². The third-order valence-electron chi connectivity index (χ3n) is 3.02. The second-order valence-corrected chi connectivity index (χ2v) is 6.51. The van der Waals surface area contributed by atoms with Crippen molar-refractivity contribution >= 4 is 34.1 Å². The van der Waals surface area contributed by atoms with Crippen LogP contribution in [0.3, 0.4) is 0 Å². The Bertz CT molecular complexity index is 732. The van der Waals surface area contributed by atoms with E-state index in [4.69, 9.17) is 4.74 Å². The highest BCUT2D eigenvalue weighted by molar-refractivity contribution is 8.14. The number of thioether (sulfide) groups is 1. The van der Waals surface area contributed by atoms with Gasteiger partial charge in [0.05, 0.1) is 5.75 Å². The van der Waals surface area contributed by atoms with Crippen molar-refractivity contribution in [1.29, 1.82) is 0 Å². The standard InChI is InChI=1S/C14H9F3N2O2S2/c15-14(16,17)13(21-12(20)10-4-2-6-22-10)8-23-11(19-13)9-3-1-5-18-7-9/h1-7H,8H2. The summed E-state index contributed by atoms with van der Waals surface area (Å²) in [5.74, 6) is -1.55. The summed E-state index contributed by atoms with van der Waals surface area (Å²) < 4.78 is 45.3. The minimum Gasteiger partial charge on any atom is -0.422 e. The second-order valence-electron chi connectivity index (χ2n) is 4.60. The smallest absolute Gasteiger partial charge is 0.422 e. The van der Waals surface area contributed by atoms with E-state index >= 15 is 0 Å². The van der Waals surface area contributed by atoms with Crippen LogP contribution in [0.2, 0.25) is 0 Å². The lowest BCUT2D eigenvalue weighted by atomic mass is 10.2. The van der Waals surface area contributed by atoms with Gasteiger partial charge in [-0.15, -0.1) is 11.3 Å². The molecule has 23 heavy (non-hydrogen) atoms. The zero-order valence-corrected chi connectivity index (χ0v) is 13.0. The summed E-state index contributed by atoms with van der Waals surface area (Å²) in [6.45, 7) is 0. The summed E-state index contributed by atoms with van der Waals surface area (Å²) in [6.07, 6.45) is -1.88. The van der Waals surface area contributed by atoms with Gasteiger partial charge < -0.3 is 4.74 Å². The molecule has 120 valence electrons. The lowest BCUT2D eigenvalue weighted by molar-refractivity contribution is -0.245. The minimum absolute atomic E-state index is 0.101. The van der Waals surface area contributed by atoms with Crippen LogP contribution in [-0.2, 0) is 4.74 Å². The molecule has 3 rings (SSSR count). The van der Waals surface area contributed by atoms with E-state index < -0.39 is 23.6 Å². The predicted octanol–water partition coefficient (Wildman–Crippen LogP) is 3.75. The maximum absolute atomic E-state index is 13.5. The van der Waals surface area contributed by atoms with Gasteiger partial charge in [-0.05, 0) is 23.6 Å². The van der Waals surface area contributed by atoms with Crippen molar-refractivity contribution in [3.8, 4) is 0 Å². The van der Waals surface area contributed by atoms with Crippen LogP contribution in [0, 0.1) is 0 Å². The van der Waals surface area contributed by atoms with Crippen molar-refractivity contribution in [2.75, 3.05) is 5.75 Å². The summed E-state index contributed by atoms with van der Waals surface area (Å²) in [7, 11) is 0. The molecule has 2 aromatic heterocycles. The molecule has 1 aliphatic rings. The molecule has 0 aliphatic carbocycles. The Morgan fingerprint density at radius 1 is 1.30 bits per heavy atom. The van der Waals surface area contributed by atoms with Crippen molar-refractivity contribution in [2.45, 2.75) is 11.9 Å². The minimum atomic E-state index is -4.81. The number of hydrogen-bond acceptors (Lipinski definition) is 6. The number of thiophene rings is 1. The largest absolute Gasteiger partial charge is 0.451 e. The first kappa shape index (κ1) is 16.0. The molecule has 1 atom stereocenters. The van der Waals surface area contributed by atoms with E-state index in [1.807, 2.05) is 0 Å². The molecule has 0 spiro atoms. The first-order valence-electron chi connectivity index (χ1n) is 6.38. The highest BCUT2D eigenvalue weighted by atomic mass is 32.2. The van der Waals surface area contributed by atoms with Gasteiger partial charge in [-0.2, -0.15) is 13.2 Å². The van der Waals surface area contributed by atoms with Crippen LogP contribution in [-0.4, -0.2) is 33.7 Å². The normalized spacial score (nSPS) is 21.1. The SMILES string of the molecule is O=C(OC1(C(F)(F)F)CSC(c2cccnc2)=N1)c1cccs1. The van der Waals surface area contributed by atoms with E-state index in [9.17, 15) is 18.0 Å². The molecule has 0 fully saturated rings. The molecule has 2 aromatic rings. The highest BCUT2D eigenvalue weighted by Crippen LogP contribution is 2.44. The Balaban J connectivity index is 1.93. The molecule has 4 nitrogen and oxygen atoms in total. The van der Waals surface area contributed by atoms with Crippen molar-refractivity contribution in [3.63, 3.8) is 0 Å². The second kappa shape index (κ2) is 5.97. The number of pyridine rings is 1. The molecule has 0 aromatic carbocycles. The average Bonchev–Trinajstić information content (AvgIpc) is 3.17. The van der Waals surface area contributed by atoms with E-state index in [1.165, 1.54) is 18.5 Å². The van der Waals surface area contributed by atoms with Crippen molar-refractivity contribution in [1.82, 2.24) is 4.98 Å². The number of esters is 1. The Morgan fingerprint density at radius 3 is 2.74 bits per heavy atom. The van der Waals surface area contributed by atoms with Crippen LogP contribution >= 0.6 is 23.1 Å².